The van der Waals surface area contributed by atoms with E-state index in [9.17, 15) is 19.1 Å². The Morgan fingerprint density at radius 3 is 2.65 bits per heavy atom. The molecule has 0 amide bonds. The van der Waals surface area contributed by atoms with Gasteiger partial charge in [-0.25, -0.2) is 9.18 Å². The molecule has 2 aliphatic rings. The van der Waals surface area contributed by atoms with Gasteiger partial charge in [0, 0.05) is 30.7 Å². The van der Waals surface area contributed by atoms with Crippen molar-refractivity contribution in [2.75, 3.05) is 24.5 Å². The van der Waals surface area contributed by atoms with Crippen LogP contribution in [0.15, 0.2) is 23.1 Å². The number of rotatable bonds is 4. The van der Waals surface area contributed by atoms with Gasteiger partial charge in [-0.1, -0.05) is 6.92 Å². The lowest BCUT2D eigenvalue weighted by atomic mass is 9.99. The molecule has 7 heteroatoms. The number of halogens is 1. The zero-order valence-electron chi connectivity index (χ0n) is 14.6. The molecule has 1 saturated carbocycles. The van der Waals surface area contributed by atoms with Crippen molar-refractivity contribution in [1.82, 2.24) is 4.57 Å². The van der Waals surface area contributed by atoms with Crippen LogP contribution in [0.4, 0.5) is 10.1 Å². The largest absolute Gasteiger partial charge is 0.477 e. The van der Waals surface area contributed by atoms with Crippen LogP contribution in [0.5, 0.6) is 0 Å². The normalized spacial score (nSPS) is 23.0. The number of nitrogens with two attached hydrogens (primary N) is 1. The highest BCUT2D eigenvalue weighted by molar-refractivity contribution is 5.93. The van der Waals surface area contributed by atoms with E-state index in [1.165, 1.54) is 12.3 Å². The number of nitrogens with zero attached hydrogens (tertiary/aromatic N) is 2. The van der Waals surface area contributed by atoms with Gasteiger partial charge in [-0.2, -0.15) is 0 Å². The fourth-order valence-corrected chi connectivity index (χ4v) is 3.95. The summed E-state index contributed by atoms with van der Waals surface area (Å²) in [4.78, 5) is 25.9. The van der Waals surface area contributed by atoms with Gasteiger partial charge >= 0.3 is 5.97 Å². The molecule has 1 aliphatic carbocycles. The van der Waals surface area contributed by atoms with Gasteiger partial charge in [-0.3, -0.25) is 4.79 Å². The second-order valence-electron chi connectivity index (χ2n) is 7.51. The molecule has 138 valence electrons. The Morgan fingerprint density at radius 2 is 2.08 bits per heavy atom. The quantitative estimate of drug-likeness (QED) is 0.874. The Hall–Kier alpha value is -2.41. The zero-order valence-corrected chi connectivity index (χ0v) is 14.6. The average Bonchev–Trinajstić information content (AvgIpc) is 3.37. The lowest BCUT2D eigenvalue weighted by Gasteiger charge is -2.21. The summed E-state index contributed by atoms with van der Waals surface area (Å²) in [5, 5.41) is 9.43. The first kappa shape index (κ1) is 17.0. The molecular weight excluding hydrogens is 337 g/mol. The number of hydrogen-bond donors (Lipinski definition) is 2. The van der Waals surface area contributed by atoms with E-state index in [2.05, 4.69) is 6.92 Å². The van der Waals surface area contributed by atoms with Crippen molar-refractivity contribution in [3.05, 3.63) is 39.9 Å². The fourth-order valence-electron chi connectivity index (χ4n) is 3.95. The molecule has 2 aromatic rings. The molecule has 1 aromatic heterocycles. The summed E-state index contributed by atoms with van der Waals surface area (Å²) in [6.07, 6.45) is 3.26. The van der Waals surface area contributed by atoms with Crippen LogP contribution in [0, 0.1) is 17.7 Å². The van der Waals surface area contributed by atoms with Gasteiger partial charge in [0.15, 0.2) is 0 Å². The van der Waals surface area contributed by atoms with E-state index in [0.29, 0.717) is 42.7 Å². The van der Waals surface area contributed by atoms with Crippen molar-refractivity contribution in [2.45, 2.75) is 25.8 Å². The maximum absolute atomic E-state index is 14.8. The lowest BCUT2D eigenvalue weighted by molar-refractivity contribution is 0.0695. The smallest absolute Gasteiger partial charge is 0.341 e. The molecule has 1 saturated heterocycles. The minimum Gasteiger partial charge on any atom is -0.477 e. The molecule has 2 atom stereocenters. The monoisotopic (exact) mass is 359 g/mol. The highest BCUT2D eigenvalue weighted by Crippen LogP contribution is 2.39. The van der Waals surface area contributed by atoms with Crippen LogP contribution in [0.3, 0.4) is 0 Å². The average molecular weight is 359 g/mol. The van der Waals surface area contributed by atoms with Crippen LogP contribution in [-0.4, -0.2) is 35.3 Å². The SMILES string of the molecule is C[C@H]1CN(c2cc3c(cc2F)c(=O)c(C(=O)O)cn3C2CC2)C[C@H]1CN. The second-order valence-corrected chi connectivity index (χ2v) is 7.51. The third-order valence-electron chi connectivity index (χ3n) is 5.68. The molecule has 0 spiro atoms. The number of aromatic nitrogens is 1. The Kier molecular flexibility index (Phi) is 3.99. The number of carboxylic acids is 1. The predicted molar refractivity (Wildman–Crippen MR) is 97.3 cm³/mol. The van der Waals surface area contributed by atoms with Gasteiger partial charge in [0.25, 0.3) is 0 Å². The van der Waals surface area contributed by atoms with E-state index >= 15 is 0 Å². The minimum absolute atomic E-state index is 0.126. The van der Waals surface area contributed by atoms with Crippen molar-refractivity contribution in [3.8, 4) is 0 Å². The van der Waals surface area contributed by atoms with Crippen LogP contribution in [0.2, 0.25) is 0 Å². The molecule has 1 aliphatic heterocycles. The van der Waals surface area contributed by atoms with Gasteiger partial charge in [0.05, 0.1) is 11.2 Å². The number of hydrogen-bond acceptors (Lipinski definition) is 4. The first-order valence-electron chi connectivity index (χ1n) is 8.97. The third kappa shape index (κ3) is 2.67. The van der Waals surface area contributed by atoms with Crippen LogP contribution < -0.4 is 16.1 Å². The standard InChI is InChI=1S/C19H22FN3O3/c1-10-7-22(8-11(10)6-21)17-5-16-13(4-15(17)20)18(24)14(19(25)26)9-23(16)12-2-3-12/h4-5,9-12H,2-3,6-8,21H2,1H3,(H,25,26)/t10-,11+/m0/s1. The van der Waals surface area contributed by atoms with E-state index in [0.717, 1.165) is 12.8 Å². The number of pyridine rings is 1. The second kappa shape index (κ2) is 6.09. The maximum atomic E-state index is 14.8. The molecule has 2 fully saturated rings. The highest BCUT2D eigenvalue weighted by atomic mass is 19.1. The van der Waals surface area contributed by atoms with E-state index in [-0.39, 0.29) is 17.0 Å². The van der Waals surface area contributed by atoms with Gasteiger partial charge < -0.3 is 20.3 Å². The first-order valence-corrected chi connectivity index (χ1v) is 8.97. The summed E-state index contributed by atoms with van der Waals surface area (Å²) < 4.78 is 16.6. The topological polar surface area (TPSA) is 88.6 Å². The predicted octanol–water partition coefficient (Wildman–Crippen LogP) is 2.20. The van der Waals surface area contributed by atoms with Gasteiger partial charge in [-0.15, -0.1) is 0 Å². The summed E-state index contributed by atoms with van der Waals surface area (Å²) in [5.41, 5.74) is 5.92. The lowest BCUT2D eigenvalue weighted by Crippen LogP contribution is -2.24. The van der Waals surface area contributed by atoms with E-state index < -0.39 is 17.2 Å². The Labute approximate surface area is 150 Å². The van der Waals surface area contributed by atoms with Crippen molar-refractivity contribution < 1.29 is 14.3 Å². The van der Waals surface area contributed by atoms with Crippen molar-refractivity contribution in [2.24, 2.45) is 17.6 Å². The summed E-state index contributed by atoms with van der Waals surface area (Å²) >= 11 is 0. The number of carboxylic acid groups (broad SMARTS) is 1. The molecular formula is C19H22FN3O3. The Morgan fingerprint density at radius 1 is 1.35 bits per heavy atom. The van der Waals surface area contributed by atoms with Crippen molar-refractivity contribution in [1.29, 1.82) is 0 Å². The summed E-state index contributed by atoms with van der Waals surface area (Å²) in [7, 11) is 0. The van der Waals surface area contributed by atoms with Crippen LogP contribution in [0.25, 0.3) is 10.9 Å². The number of fused-ring (bicyclic) bond motifs is 1. The zero-order chi connectivity index (χ0) is 18.6. The summed E-state index contributed by atoms with van der Waals surface area (Å²) in [6.45, 7) is 4.06. The van der Waals surface area contributed by atoms with Crippen molar-refractivity contribution in [3.63, 3.8) is 0 Å². The van der Waals surface area contributed by atoms with Gasteiger partial charge in [0.1, 0.15) is 11.4 Å². The molecule has 0 bridgehead atoms. The number of aromatic carboxylic acids is 1. The van der Waals surface area contributed by atoms with Crippen molar-refractivity contribution >= 4 is 22.6 Å². The highest BCUT2D eigenvalue weighted by Gasteiger charge is 2.32. The Bertz CT molecular complexity index is 951. The molecule has 1 aromatic carbocycles. The van der Waals surface area contributed by atoms with E-state index in [1.807, 2.05) is 9.47 Å². The summed E-state index contributed by atoms with van der Waals surface area (Å²) in [6, 6.07) is 3.06. The first-order chi connectivity index (χ1) is 12.4. The molecule has 6 nitrogen and oxygen atoms in total. The van der Waals surface area contributed by atoms with Crippen LogP contribution in [-0.2, 0) is 0 Å². The van der Waals surface area contributed by atoms with E-state index in [1.54, 1.807) is 6.07 Å². The molecule has 0 unspecified atom stereocenters. The molecule has 26 heavy (non-hydrogen) atoms. The van der Waals surface area contributed by atoms with Gasteiger partial charge in [-0.05, 0) is 43.4 Å². The number of carbonyl (C=O) groups is 1. The maximum Gasteiger partial charge on any atom is 0.341 e. The van der Waals surface area contributed by atoms with Gasteiger partial charge in [0.2, 0.25) is 5.43 Å². The van der Waals surface area contributed by atoms with Crippen LogP contribution in [0.1, 0.15) is 36.2 Å². The Balaban J connectivity index is 1.89. The van der Waals surface area contributed by atoms with E-state index in [4.69, 9.17) is 5.73 Å². The molecule has 3 N–H and O–H groups in total. The fraction of sp³-hybridized carbons (Fsp3) is 0.474. The molecule has 0 radical (unpaired) electrons. The summed E-state index contributed by atoms with van der Waals surface area (Å²) in [5.74, 6) is -1.10. The number of anilines is 1. The number of benzene rings is 1. The van der Waals surface area contributed by atoms with Crippen LogP contribution >= 0.6 is 0 Å². The minimum atomic E-state index is -1.28. The third-order valence-corrected chi connectivity index (χ3v) is 5.68. The molecule has 4 rings (SSSR count). The molecule has 2 heterocycles.